The molecule has 0 bridgehead atoms. The third kappa shape index (κ3) is 40.0. The molecule has 0 aromatic carbocycles. The van der Waals surface area contributed by atoms with E-state index in [0.29, 0.717) is 0 Å². The van der Waals surface area contributed by atoms with Crippen LogP contribution in [0.1, 0.15) is 111 Å². The lowest BCUT2D eigenvalue weighted by Gasteiger charge is -2.08. The molecule has 0 atom stereocenters. The lowest BCUT2D eigenvalue weighted by Crippen LogP contribution is -2.30. The largest absolute Gasteiger partial charge is 0.741 e. The van der Waals surface area contributed by atoms with Gasteiger partial charge >= 0.3 is 18.3 Å². The zero-order valence-corrected chi connectivity index (χ0v) is 36.2. The number of aromatic nitrogens is 6. The summed E-state index contributed by atoms with van der Waals surface area (Å²) < 4.78 is 170. The summed E-state index contributed by atoms with van der Waals surface area (Å²) in [6.07, 6.45) is 38.0. The van der Waals surface area contributed by atoms with E-state index in [4.69, 9.17) is 25.9 Å². The minimum Gasteiger partial charge on any atom is -0.741 e. The number of hydrogen-bond acceptors (Lipinski definition) is 6. The molecule has 0 saturated heterocycles. The van der Waals surface area contributed by atoms with Gasteiger partial charge < -0.3 is 26.4 Å². The number of alkyl halides is 6. The third-order valence-electron chi connectivity index (χ3n) is 7.35. The van der Waals surface area contributed by atoms with Crippen LogP contribution in [0, 0.1) is 0 Å². The van der Waals surface area contributed by atoms with Crippen LogP contribution in [0.2, 0.25) is 0 Å². The maximum absolute atomic E-state index is 10.7. The summed E-state index contributed by atoms with van der Waals surface area (Å²) in [5, 5.41) is 0. The first-order valence-corrected chi connectivity index (χ1v) is 21.7. The molecule has 0 aliphatic heterocycles. The van der Waals surface area contributed by atoms with Crippen molar-refractivity contribution in [2.24, 2.45) is 21.1 Å². The molecule has 0 aliphatic carbocycles. The molecule has 0 unspecified atom stereocenters. The topological polar surface area (TPSA) is 141 Å². The quantitative estimate of drug-likeness (QED) is 0.0338. The zero-order valence-electron chi connectivity index (χ0n) is 34.5. The molecule has 0 N–H and O–H groups in total. The first kappa shape index (κ1) is 60.1. The van der Waals surface area contributed by atoms with Gasteiger partial charge in [-0.25, -0.2) is 44.2 Å². The molecule has 0 saturated carbocycles. The molecule has 3 rings (SSSR count). The van der Waals surface area contributed by atoms with E-state index < -0.39 is 38.5 Å². The molecule has 0 amide bonds. The van der Waals surface area contributed by atoms with Gasteiger partial charge in [-0.05, 0) is 38.5 Å². The highest BCUT2D eigenvalue weighted by Gasteiger charge is 2.37. The highest BCUT2D eigenvalue weighted by Crippen LogP contribution is 2.21. The van der Waals surface area contributed by atoms with E-state index in [1.807, 2.05) is 0 Å². The standard InChI is InChI=1S/C12H23N2.2C10H19N2.2CHF3O3S.BF4/c1-3-4-5-6-7-8-9-14-11-10-13(2)12-14;2*1-3-4-5-6-7-12-9-8-11(2)10-12;2*2-1(3,4)8(5,6)7;2-1(3,4)5/h10-12H,3-9H2,1-2H3;2*8-10H,3-7H2,1-2H3;2*(H,5,6,7);/q3*+1;;;-1/p-2. The number of unbranched alkanes of at least 4 members (excludes halogenated alkanes) is 11. The molecule has 0 aliphatic rings. The summed E-state index contributed by atoms with van der Waals surface area (Å²) in [6, 6.07) is 0. The molecule has 0 spiro atoms. The zero-order chi connectivity index (χ0) is 46.3. The lowest BCUT2D eigenvalue weighted by atomic mass is 10.1. The van der Waals surface area contributed by atoms with Crippen molar-refractivity contribution in [3.63, 3.8) is 0 Å². The summed E-state index contributed by atoms with van der Waals surface area (Å²) >= 11 is 0. The Morgan fingerprint density at radius 1 is 0.542 bits per heavy atom. The average Bonchev–Trinajstić information content (AvgIpc) is 3.82. The molecule has 12 nitrogen and oxygen atoms in total. The molecule has 3 aromatic rings. The van der Waals surface area contributed by atoms with Crippen LogP contribution in [-0.4, -0.2) is 57.9 Å². The molecule has 0 fully saturated rings. The van der Waals surface area contributed by atoms with Crippen LogP contribution in [0.15, 0.2) is 56.2 Å². The minimum absolute atomic E-state index is 1.17. The van der Waals surface area contributed by atoms with Gasteiger partial charge in [-0.2, -0.15) is 26.3 Å². The first-order chi connectivity index (χ1) is 27.0. The summed E-state index contributed by atoms with van der Waals surface area (Å²) in [6.45, 7) is 10.3. The van der Waals surface area contributed by atoms with E-state index in [9.17, 15) is 43.6 Å². The number of halogens is 10. The minimum atomic E-state index is -6.09. The van der Waals surface area contributed by atoms with Crippen molar-refractivity contribution in [1.82, 2.24) is 13.7 Å². The maximum Gasteiger partial charge on any atom is 0.673 e. The number of rotatable bonds is 17. The highest BCUT2D eigenvalue weighted by molar-refractivity contribution is 7.86. The Kier molecular flexibility index (Phi) is 32.3. The summed E-state index contributed by atoms with van der Waals surface area (Å²) in [7, 11) is -12.0. The second-order valence-electron chi connectivity index (χ2n) is 13.1. The fourth-order valence-electron chi connectivity index (χ4n) is 4.42. The molecular formula is C34H61BF10N6O6S2. The Balaban J connectivity index is -0.000000655. The van der Waals surface area contributed by atoms with Crippen molar-refractivity contribution in [3.05, 3.63) is 56.2 Å². The van der Waals surface area contributed by atoms with Gasteiger partial charge in [0.2, 0.25) is 19.0 Å². The van der Waals surface area contributed by atoms with Gasteiger partial charge in [0.05, 0.1) is 40.8 Å². The van der Waals surface area contributed by atoms with Crippen LogP contribution in [-0.2, 0) is 61.0 Å². The summed E-state index contributed by atoms with van der Waals surface area (Å²) in [5.41, 5.74) is -11.3. The summed E-state index contributed by atoms with van der Waals surface area (Å²) in [5.74, 6) is 0. The Morgan fingerprint density at radius 3 is 1.10 bits per heavy atom. The highest BCUT2D eigenvalue weighted by atomic mass is 32.2. The van der Waals surface area contributed by atoms with Crippen molar-refractivity contribution in [2.45, 2.75) is 141 Å². The number of nitrogens with zero attached hydrogens (tertiary/aromatic N) is 6. The van der Waals surface area contributed by atoms with E-state index in [1.54, 1.807) is 0 Å². The van der Waals surface area contributed by atoms with Crippen molar-refractivity contribution in [1.29, 1.82) is 0 Å². The number of hydrogen-bond donors (Lipinski definition) is 0. The van der Waals surface area contributed by atoms with Gasteiger partial charge in [0.15, 0.2) is 20.2 Å². The van der Waals surface area contributed by atoms with Crippen molar-refractivity contribution in [3.8, 4) is 0 Å². The SMILES string of the molecule is CCCCCCCCn1cc[n+](C)c1.CCCCCC[n+]1ccn(C)c1.CCCCCC[n+]1ccn(C)c1.F[B-](F)(F)F.O=S(=O)([O-])C(F)(F)F.O=S(=O)([O-])C(F)(F)F. The lowest BCUT2D eigenvalue weighted by molar-refractivity contribution is -0.697. The fraction of sp³-hybridized carbons (Fsp3) is 0.735. The number of aryl methyl sites for hydroxylation is 6. The maximum atomic E-state index is 10.7. The van der Waals surface area contributed by atoms with Gasteiger partial charge in [-0.15, -0.1) is 0 Å². The van der Waals surface area contributed by atoms with Crippen LogP contribution < -0.4 is 13.7 Å². The van der Waals surface area contributed by atoms with E-state index >= 15 is 0 Å². The van der Waals surface area contributed by atoms with Crippen LogP contribution in [0.25, 0.3) is 0 Å². The first-order valence-electron chi connectivity index (χ1n) is 18.9. The number of imidazole rings is 3. The third-order valence-corrected chi connectivity index (χ3v) is 8.48. The Morgan fingerprint density at radius 2 is 0.847 bits per heavy atom. The Labute approximate surface area is 342 Å². The smallest absolute Gasteiger partial charge is 0.673 e. The molecule has 59 heavy (non-hydrogen) atoms. The normalized spacial score (nSPS) is 11.6. The predicted octanol–water partition coefficient (Wildman–Crippen LogP) is 7.86. The van der Waals surface area contributed by atoms with Crippen LogP contribution in [0.5, 0.6) is 0 Å². The second-order valence-corrected chi connectivity index (χ2v) is 15.9. The van der Waals surface area contributed by atoms with Gasteiger partial charge in [0, 0.05) is 0 Å². The van der Waals surface area contributed by atoms with E-state index in [1.165, 1.54) is 110 Å². The fourth-order valence-corrected chi connectivity index (χ4v) is 4.42. The average molecular weight is 915 g/mol. The monoisotopic (exact) mass is 914 g/mol. The summed E-state index contributed by atoms with van der Waals surface area (Å²) in [4.78, 5) is 0. The van der Waals surface area contributed by atoms with Gasteiger partial charge in [0.25, 0.3) is 0 Å². The second kappa shape index (κ2) is 31.7. The van der Waals surface area contributed by atoms with E-state index in [-0.39, 0.29) is 0 Å². The predicted molar refractivity (Wildman–Crippen MR) is 200 cm³/mol. The van der Waals surface area contributed by atoms with Crippen molar-refractivity contribution >= 4 is 27.5 Å². The van der Waals surface area contributed by atoms with Crippen LogP contribution in [0.4, 0.5) is 43.6 Å². The molecule has 3 heterocycles. The van der Waals surface area contributed by atoms with Gasteiger partial charge in [0.1, 0.15) is 37.2 Å². The molecule has 25 heteroatoms. The molecule has 348 valence electrons. The van der Waals surface area contributed by atoms with E-state index in [2.05, 4.69) is 125 Å². The Bertz CT molecular complexity index is 1590. The van der Waals surface area contributed by atoms with Gasteiger partial charge in [-0.1, -0.05) is 72.1 Å². The molecule has 3 aromatic heterocycles. The van der Waals surface area contributed by atoms with Gasteiger partial charge in [-0.3, -0.25) is 0 Å². The van der Waals surface area contributed by atoms with Crippen molar-refractivity contribution < 1.29 is 83.2 Å². The van der Waals surface area contributed by atoms with Crippen molar-refractivity contribution in [2.75, 3.05) is 0 Å². The Hall–Kier alpha value is -3.19. The van der Waals surface area contributed by atoms with Crippen LogP contribution >= 0.6 is 0 Å². The van der Waals surface area contributed by atoms with Crippen LogP contribution in [0.3, 0.4) is 0 Å². The molecule has 0 radical (unpaired) electrons. The molecular weight excluding hydrogens is 853 g/mol. The van der Waals surface area contributed by atoms with E-state index in [0.717, 1.165) is 0 Å².